The fourth-order valence-corrected chi connectivity index (χ4v) is 1.84. The molecule has 0 atom stereocenters. The van der Waals surface area contributed by atoms with Crippen LogP contribution in [0.15, 0.2) is 0 Å². The van der Waals surface area contributed by atoms with Crippen LogP contribution in [-0.2, 0) is 9.59 Å². The minimum atomic E-state index is -1.13. The molecule has 102 valence electrons. The number of amides is 3. The summed E-state index contributed by atoms with van der Waals surface area (Å²) in [6.45, 7) is 4.59. The molecule has 8 heteroatoms. The number of rotatable bonds is 1. The van der Waals surface area contributed by atoms with E-state index in [4.69, 9.17) is 5.73 Å². The van der Waals surface area contributed by atoms with Crippen LogP contribution in [0, 0.1) is 6.92 Å². The number of aromatic nitrogens is 2. The van der Waals surface area contributed by atoms with Gasteiger partial charge in [-0.2, -0.15) is 5.10 Å². The van der Waals surface area contributed by atoms with E-state index in [9.17, 15) is 14.4 Å². The van der Waals surface area contributed by atoms with E-state index < -0.39 is 23.3 Å². The summed E-state index contributed by atoms with van der Waals surface area (Å²) in [7, 11) is 0. The predicted molar refractivity (Wildman–Crippen MR) is 66.0 cm³/mol. The number of imide groups is 1. The van der Waals surface area contributed by atoms with Crippen LogP contribution in [0.25, 0.3) is 0 Å². The SMILES string of the molecule is Cc1[nH]nc(C(=O)N2CC(=O)NC(=O)C2(C)C)c1N. The van der Waals surface area contributed by atoms with Crippen molar-refractivity contribution in [2.45, 2.75) is 26.3 Å². The molecule has 3 amide bonds. The lowest BCUT2D eigenvalue weighted by molar-refractivity contribution is -0.143. The summed E-state index contributed by atoms with van der Waals surface area (Å²) in [6, 6.07) is 0. The van der Waals surface area contributed by atoms with Crippen molar-refractivity contribution in [1.29, 1.82) is 0 Å². The number of piperazine rings is 1. The number of nitrogen functional groups attached to an aromatic ring is 1. The lowest BCUT2D eigenvalue weighted by atomic mass is 9.98. The van der Waals surface area contributed by atoms with E-state index in [1.54, 1.807) is 20.8 Å². The summed E-state index contributed by atoms with van der Waals surface area (Å²) in [4.78, 5) is 36.7. The Kier molecular flexibility index (Phi) is 2.80. The van der Waals surface area contributed by atoms with Crippen molar-refractivity contribution in [2.24, 2.45) is 0 Å². The highest BCUT2D eigenvalue weighted by Crippen LogP contribution is 2.23. The Bertz CT molecular complexity index is 575. The maximum atomic E-state index is 12.4. The minimum absolute atomic E-state index is 0.0214. The third-order valence-corrected chi connectivity index (χ3v) is 3.23. The molecule has 19 heavy (non-hydrogen) atoms. The molecule has 0 saturated carbocycles. The summed E-state index contributed by atoms with van der Waals surface area (Å²) < 4.78 is 0. The van der Waals surface area contributed by atoms with Crippen molar-refractivity contribution >= 4 is 23.4 Å². The lowest BCUT2D eigenvalue weighted by Crippen LogP contribution is -2.65. The summed E-state index contributed by atoms with van der Waals surface area (Å²) in [6.07, 6.45) is 0. The summed E-state index contributed by atoms with van der Waals surface area (Å²) in [5.74, 6) is -1.60. The van der Waals surface area contributed by atoms with Crippen molar-refractivity contribution in [2.75, 3.05) is 12.3 Å². The molecule has 1 fully saturated rings. The van der Waals surface area contributed by atoms with Gasteiger partial charge in [-0.3, -0.25) is 24.8 Å². The molecule has 1 aromatic rings. The van der Waals surface area contributed by atoms with Crippen LogP contribution >= 0.6 is 0 Å². The first-order valence-electron chi connectivity index (χ1n) is 5.72. The van der Waals surface area contributed by atoms with E-state index in [-0.39, 0.29) is 17.9 Å². The van der Waals surface area contributed by atoms with E-state index in [0.29, 0.717) is 5.69 Å². The second-order valence-electron chi connectivity index (χ2n) is 4.94. The zero-order valence-corrected chi connectivity index (χ0v) is 10.9. The van der Waals surface area contributed by atoms with Gasteiger partial charge in [0, 0.05) is 0 Å². The first kappa shape index (κ1) is 13.1. The smallest absolute Gasteiger partial charge is 0.277 e. The molecule has 0 radical (unpaired) electrons. The molecule has 1 aromatic heterocycles. The average Bonchev–Trinajstić information content (AvgIpc) is 2.64. The molecular formula is C11H15N5O3. The van der Waals surface area contributed by atoms with E-state index in [0.717, 1.165) is 0 Å². The van der Waals surface area contributed by atoms with Crippen molar-refractivity contribution in [3.8, 4) is 0 Å². The van der Waals surface area contributed by atoms with Crippen LogP contribution < -0.4 is 11.1 Å². The molecule has 8 nitrogen and oxygen atoms in total. The molecule has 0 aromatic carbocycles. The predicted octanol–water partition coefficient (Wildman–Crippen LogP) is -0.822. The fraction of sp³-hybridized carbons (Fsp3) is 0.455. The Morgan fingerprint density at radius 1 is 1.42 bits per heavy atom. The van der Waals surface area contributed by atoms with Gasteiger partial charge in [0.1, 0.15) is 12.1 Å². The normalized spacial score (nSPS) is 18.4. The van der Waals surface area contributed by atoms with E-state index in [1.807, 2.05) is 0 Å². The van der Waals surface area contributed by atoms with Crippen LogP contribution in [0.1, 0.15) is 30.0 Å². The van der Waals surface area contributed by atoms with Gasteiger partial charge in [0.05, 0.1) is 11.4 Å². The van der Waals surface area contributed by atoms with E-state index in [2.05, 4.69) is 15.5 Å². The molecule has 0 bridgehead atoms. The zero-order chi connectivity index (χ0) is 14.4. The highest BCUT2D eigenvalue weighted by molar-refractivity contribution is 6.09. The average molecular weight is 265 g/mol. The van der Waals surface area contributed by atoms with Gasteiger partial charge in [0.25, 0.3) is 11.8 Å². The van der Waals surface area contributed by atoms with Crippen molar-refractivity contribution in [3.63, 3.8) is 0 Å². The van der Waals surface area contributed by atoms with Gasteiger partial charge in [-0.05, 0) is 20.8 Å². The Labute approximate surface area is 109 Å². The molecule has 0 unspecified atom stereocenters. The first-order valence-corrected chi connectivity index (χ1v) is 5.72. The van der Waals surface area contributed by atoms with Crippen LogP contribution in [0.3, 0.4) is 0 Å². The highest BCUT2D eigenvalue weighted by atomic mass is 16.2. The molecular weight excluding hydrogens is 250 g/mol. The highest BCUT2D eigenvalue weighted by Gasteiger charge is 2.44. The number of nitrogens with zero attached hydrogens (tertiary/aromatic N) is 2. The summed E-state index contributed by atoms with van der Waals surface area (Å²) in [5, 5.41) is 8.62. The zero-order valence-electron chi connectivity index (χ0n) is 10.9. The third kappa shape index (κ3) is 1.94. The van der Waals surface area contributed by atoms with Crippen LogP contribution in [0.5, 0.6) is 0 Å². The van der Waals surface area contributed by atoms with Crippen LogP contribution in [-0.4, -0.2) is 44.9 Å². The van der Waals surface area contributed by atoms with Crippen LogP contribution in [0.4, 0.5) is 5.69 Å². The lowest BCUT2D eigenvalue weighted by Gasteiger charge is -2.39. The number of carbonyl (C=O) groups is 3. The molecule has 1 aliphatic heterocycles. The summed E-state index contributed by atoms with van der Waals surface area (Å²) >= 11 is 0. The molecule has 1 saturated heterocycles. The summed E-state index contributed by atoms with van der Waals surface area (Å²) in [5.41, 5.74) is 5.41. The largest absolute Gasteiger partial charge is 0.395 e. The fourth-order valence-electron chi connectivity index (χ4n) is 1.84. The van der Waals surface area contributed by atoms with Crippen LogP contribution in [0.2, 0.25) is 0 Å². The molecule has 0 spiro atoms. The van der Waals surface area contributed by atoms with Crippen molar-refractivity contribution in [3.05, 3.63) is 11.4 Å². The van der Waals surface area contributed by atoms with Gasteiger partial charge in [-0.15, -0.1) is 0 Å². The quantitative estimate of drug-likeness (QED) is 0.573. The number of nitrogens with two attached hydrogens (primary N) is 1. The second-order valence-corrected chi connectivity index (χ2v) is 4.94. The number of aromatic amines is 1. The number of carbonyl (C=O) groups excluding carboxylic acids is 3. The van der Waals surface area contributed by atoms with Gasteiger partial charge in [-0.1, -0.05) is 0 Å². The molecule has 2 heterocycles. The van der Waals surface area contributed by atoms with E-state index in [1.165, 1.54) is 4.90 Å². The molecule has 2 rings (SSSR count). The van der Waals surface area contributed by atoms with Gasteiger partial charge in [0.2, 0.25) is 5.91 Å². The van der Waals surface area contributed by atoms with Crippen molar-refractivity contribution < 1.29 is 14.4 Å². The number of nitrogens with one attached hydrogen (secondary N) is 2. The second kappa shape index (κ2) is 4.08. The van der Waals surface area contributed by atoms with Gasteiger partial charge >= 0.3 is 0 Å². The Hall–Kier alpha value is -2.38. The molecule has 4 N–H and O–H groups in total. The molecule has 0 aliphatic carbocycles. The molecule has 1 aliphatic rings. The number of anilines is 1. The Balaban J connectivity index is 2.39. The minimum Gasteiger partial charge on any atom is -0.395 e. The first-order chi connectivity index (χ1) is 8.75. The van der Waals surface area contributed by atoms with Gasteiger partial charge < -0.3 is 10.6 Å². The number of H-pyrrole nitrogens is 1. The standard InChI is InChI=1S/C11H15N5O3/c1-5-7(12)8(15-14-5)9(18)16-4-6(17)13-10(19)11(16,2)3/h4,12H2,1-3H3,(H,14,15)(H,13,17,19). The van der Waals surface area contributed by atoms with E-state index >= 15 is 0 Å². The number of aryl methyl sites for hydroxylation is 1. The maximum absolute atomic E-state index is 12.4. The van der Waals surface area contributed by atoms with Gasteiger partial charge in [-0.25, -0.2) is 0 Å². The number of hydrogen-bond donors (Lipinski definition) is 3. The Morgan fingerprint density at radius 2 is 2.05 bits per heavy atom. The van der Waals surface area contributed by atoms with Gasteiger partial charge in [0.15, 0.2) is 5.69 Å². The number of hydrogen-bond acceptors (Lipinski definition) is 5. The Morgan fingerprint density at radius 3 is 2.58 bits per heavy atom. The topological polar surface area (TPSA) is 121 Å². The third-order valence-electron chi connectivity index (χ3n) is 3.23. The maximum Gasteiger partial charge on any atom is 0.277 e. The van der Waals surface area contributed by atoms with Crippen molar-refractivity contribution in [1.82, 2.24) is 20.4 Å². The monoisotopic (exact) mass is 265 g/mol.